The van der Waals surface area contributed by atoms with Crippen molar-refractivity contribution in [1.82, 2.24) is 5.32 Å². The van der Waals surface area contributed by atoms with Crippen molar-refractivity contribution in [2.24, 2.45) is 0 Å². The van der Waals surface area contributed by atoms with Gasteiger partial charge in [-0.2, -0.15) is 0 Å². The minimum Gasteiger partial charge on any atom is -0.385 e. The Labute approximate surface area is 102 Å². The third-order valence-corrected chi connectivity index (χ3v) is 3.68. The van der Waals surface area contributed by atoms with Gasteiger partial charge in [0.15, 0.2) is 0 Å². The van der Waals surface area contributed by atoms with Gasteiger partial charge in [0.1, 0.15) is 0 Å². The topological polar surface area (TPSA) is 47.6 Å². The second kappa shape index (κ2) is 11.5. The first kappa shape index (κ1) is 16.0. The van der Waals surface area contributed by atoms with E-state index in [0.717, 1.165) is 19.4 Å². The molecule has 98 valence electrons. The van der Waals surface area contributed by atoms with Gasteiger partial charge in [0.2, 0.25) is 0 Å². The monoisotopic (exact) mass is 251 g/mol. The molecule has 0 aromatic heterocycles. The number of nitrogens with one attached hydrogen (secondary N) is 1. The largest absolute Gasteiger partial charge is 0.385 e. The molecule has 0 bridgehead atoms. The fourth-order valence-electron chi connectivity index (χ4n) is 1.39. The molecule has 4 nitrogen and oxygen atoms in total. The van der Waals surface area contributed by atoms with Crippen molar-refractivity contribution >= 4 is 10.8 Å². The van der Waals surface area contributed by atoms with Gasteiger partial charge in [-0.3, -0.25) is 4.21 Å². The van der Waals surface area contributed by atoms with Crippen molar-refractivity contribution in [2.45, 2.75) is 25.8 Å². The fourth-order valence-corrected chi connectivity index (χ4v) is 2.66. The standard InChI is InChI=1S/C11H25NO3S/c1-4-6-12-11(9-15-3)10-16(13)8-5-7-14-2/h11-12H,4-10H2,1-3H3. The average molecular weight is 251 g/mol. The van der Waals surface area contributed by atoms with Crippen LogP contribution < -0.4 is 5.32 Å². The zero-order chi connectivity index (χ0) is 12.2. The predicted molar refractivity (Wildman–Crippen MR) is 68.3 cm³/mol. The van der Waals surface area contributed by atoms with Crippen LogP contribution in [0.3, 0.4) is 0 Å². The Morgan fingerprint density at radius 3 is 2.62 bits per heavy atom. The molecular formula is C11H25NO3S. The van der Waals surface area contributed by atoms with Crippen LogP contribution in [0.25, 0.3) is 0 Å². The summed E-state index contributed by atoms with van der Waals surface area (Å²) in [5.41, 5.74) is 0. The number of hydrogen-bond donors (Lipinski definition) is 1. The van der Waals surface area contributed by atoms with E-state index in [4.69, 9.17) is 9.47 Å². The highest BCUT2D eigenvalue weighted by atomic mass is 32.2. The summed E-state index contributed by atoms with van der Waals surface area (Å²) in [6.07, 6.45) is 1.94. The van der Waals surface area contributed by atoms with E-state index in [1.54, 1.807) is 14.2 Å². The second-order valence-corrected chi connectivity index (χ2v) is 5.38. The lowest BCUT2D eigenvalue weighted by Crippen LogP contribution is -2.38. The third-order valence-electron chi connectivity index (χ3n) is 2.16. The summed E-state index contributed by atoms with van der Waals surface area (Å²) in [5.74, 6) is 1.37. The van der Waals surface area contributed by atoms with Gasteiger partial charge in [-0.05, 0) is 19.4 Å². The Bertz CT molecular complexity index is 179. The molecule has 0 aliphatic carbocycles. The van der Waals surface area contributed by atoms with Crippen molar-refractivity contribution in [3.8, 4) is 0 Å². The Hall–Kier alpha value is 0.0300. The maximum atomic E-state index is 11.7. The molecule has 0 spiro atoms. The van der Waals surface area contributed by atoms with Gasteiger partial charge in [-0.1, -0.05) is 6.92 Å². The molecule has 0 amide bonds. The van der Waals surface area contributed by atoms with Crippen LogP contribution in [-0.4, -0.2) is 55.7 Å². The number of rotatable bonds is 11. The third kappa shape index (κ3) is 9.27. The van der Waals surface area contributed by atoms with Gasteiger partial charge in [-0.15, -0.1) is 0 Å². The van der Waals surface area contributed by atoms with E-state index >= 15 is 0 Å². The van der Waals surface area contributed by atoms with Crippen LogP contribution >= 0.6 is 0 Å². The van der Waals surface area contributed by atoms with Gasteiger partial charge in [0.25, 0.3) is 0 Å². The maximum absolute atomic E-state index is 11.7. The zero-order valence-corrected chi connectivity index (χ0v) is 11.5. The Morgan fingerprint density at radius 1 is 1.31 bits per heavy atom. The summed E-state index contributed by atoms with van der Waals surface area (Å²) >= 11 is 0. The van der Waals surface area contributed by atoms with Gasteiger partial charge >= 0.3 is 0 Å². The molecule has 2 unspecified atom stereocenters. The molecule has 5 heteroatoms. The van der Waals surface area contributed by atoms with E-state index in [9.17, 15) is 4.21 Å². The summed E-state index contributed by atoms with van der Waals surface area (Å²) in [5, 5.41) is 3.34. The van der Waals surface area contributed by atoms with Crippen molar-refractivity contribution in [1.29, 1.82) is 0 Å². The smallest absolute Gasteiger partial charge is 0.0624 e. The molecule has 0 aromatic rings. The molecule has 0 heterocycles. The molecule has 0 aliphatic rings. The average Bonchev–Trinajstić information content (AvgIpc) is 2.26. The van der Waals surface area contributed by atoms with Crippen LogP contribution in [0, 0.1) is 0 Å². The van der Waals surface area contributed by atoms with Crippen LogP contribution in [0.4, 0.5) is 0 Å². The van der Waals surface area contributed by atoms with Crippen LogP contribution in [0.2, 0.25) is 0 Å². The van der Waals surface area contributed by atoms with Crippen molar-refractivity contribution in [3.05, 3.63) is 0 Å². The molecule has 0 radical (unpaired) electrons. The van der Waals surface area contributed by atoms with Crippen molar-refractivity contribution < 1.29 is 13.7 Å². The first-order chi connectivity index (χ1) is 7.74. The van der Waals surface area contributed by atoms with Crippen LogP contribution in [0.1, 0.15) is 19.8 Å². The minimum atomic E-state index is -0.779. The molecule has 0 rings (SSSR count). The first-order valence-electron chi connectivity index (χ1n) is 5.80. The van der Waals surface area contributed by atoms with E-state index < -0.39 is 10.8 Å². The summed E-state index contributed by atoms with van der Waals surface area (Å²) in [6.45, 7) is 4.37. The molecule has 0 saturated carbocycles. The minimum absolute atomic E-state index is 0.202. The molecule has 2 atom stereocenters. The van der Waals surface area contributed by atoms with E-state index in [0.29, 0.717) is 24.7 Å². The van der Waals surface area contributed by atoms with E-state index in [-0.39, 0.29) is 6.04 Å². The fraction of sp³-hybridized carbons (Fsp3) is 1.00. The van der Waals surface area contributed by atoms with Crippen LogP contribution in [0.15, 0.2) is 0 Å². The van der Waals surface area contributed by atoms with Crippen LogP contribution in [0.5, 0.6) is 0 Å². The highest BCUT2D eigenvalue weighted by Gasteiger charge is 2.11. The Kier molecular flexibility index (Phi) is 11.5. The number of methoxy groups -OCH3 is 2. The summed E-state index contributed by atoms with van der Waals surface area (Å²) in [6, 6.07) is 0.202. The van der Waals surface area contributed by atoms with Crippen molar-refractivity contribution in [2.75, 3.05) is 45.5 Å². The summed E-state index contributed by atoms with van der Waals surface area (Å²) in [4.78, 5) is 0. The lowest BCUT2D eigenvalue weighted by atomic mass is 10.3. The Balaban J connectivity index is 3.73. The van der Waals surface area contributed by atoms with E-state index in [1.807, 2.05) is 0 Å². The van der Waals surface area contributed by atoms with E-state index in [1.165, 1.54) is 0 Å². The number of hydrogen-bond acceptors (Lipinski definition) is 4. The quantitative estimate of drug-likeness (QED) is 0.552. The molecule has 0 aliphatic heterocycles. The summed E-state index contributed by atoms with van der Waals surface area (Å²) < 4.78 is 21.8. The SMILES string of the molecule is CCCNC(COC)CS(=O)CCCOC. The van der Waals surface area contributed by atoms with Gasteiger partial charge in [0.05, 0.1) is 6.61 Å². The predicted octanol–water partition coefficient (Wildman–Crippen LogP) is 0.786. The van der Waals surface area contributed by atoms with Gasteiger partial charge < -0.3 is 14.8 Å². The molecule has 0 fully saturated rings. The van der Waals surface area contributed by atoms with Gasteiger partial charge in [-0.25, -0.2) is 0 Å². The normalized spacial score (nSPS) is 14.9. The molecule has 0 saturated heterocycles. The lowest BCUT2D eigenvalue weighted by Gasteiger charge is -2.17. The molecular weight excluding hydrogens is 226 g/mol. The number of ether oxygens (including phenoxy) is 2. The van der Waals surface area contributed by atoms with E-state index in [2.05, 4.69) is 12.2 Å². The first-order valence-corrected chi connectivity index (χ1v) is 7.29. The molecule has 16 heavy (non-hydrogen) atoms. The second-order valence-electron chi connectivity index (χ2n) is 3.76. The highest BCUT2D eigenvalue weighted by molar-refractivity contribution is 7.85. The lowest BCUT2D eigenvalue weighted by molar-refractivity contribution is 0.173. The molecule has 0 aromatic carbocycles. The summed E-state index contributed by atoms with van der Waals surface area (Å²) in [7, 11) is 2.56. The van der Waals surface area contributed by atoms with Gasteiger partial charge in [0, 0.05) is 49.2 Å². The Morgan fingerprint density at radius 2 is 2.06 bits per heavy atom. The van der Waals surface area contributed by atoms with Crippen LogP contribution in [-0.2, 0) is 20.3 Å². The highest BCUT2D eigenvalue weighted by Crippen LogP contribution is 1.95. The maximum Gasteiger partial charge on any atom is 0.0624 e. The van der Waals surface area contributed by atoms with Crippen molar-refractivity contribution in [3.63, 3.8) is 0 Å². The molecule has 1 N–H and O–H groups in total. The zero-order valence-electron chi connectivity index (χ0n) is 10.7.